The average molecular weight is 301 g/mol. The van der Waals surface area contributed by atoms with Crippen molar-refractivity contribution >= 4 is 15.9 Å². The third-order valence-corrected chi connectivity index (χ3v) is 4.51. The third-order valence-electron chi connectivity index (χ3n) is 3.32. The fraction of sp³-hybridized carbons (Fsp3) is 0.667. The van der Waals surface area contributed by atoms with Crippen LogP contribution in [0.5, 0.6) is 0 Å². The highest BCUT2D eigenvalue weighted by Crippen LogP contribution is 2.33. The lowest BCUT2D eigenvalue weighted by molar-refractivity contribution is 0.0162. The highest BCUT2D eigenvalue weighted by molar-refractivity contribution is 9.09. The van der Waals surface area contributed by atoms with Gasteiger partial charge in [0.05, 0.1) is 12.2 Å². The second-order valence-corrected chi connectivity index (χ2v) is 5.28. The lowest BCUT2D eigenvalue weighted by Crippen LogP contribution is -2.39. The first-order valence-electron chi connectivity index (χ1n) is 5.84. The van der Waals surface area contributed by atoms with Crippen molar-refractivity contribution in [1.29, 1.82) is 0 Å². The van der Waals surface area contributed by atoms with Crippen LogP contribution < -0.4 is 5.56 Å². The maximum absolute atomic E-state index is 11.8. The van der Waals surface area contributed by atoms with Crippen molar-refractivity contribution < 1.29 is 4.74 Å². The van der Waals surface area contributed by atoms with Gasteiger partial charge in [-0.05, 0) is 25.8 Å². The van der Waals surface area contributed by atoms with Crippen LogP contribution in [-0.4, -0.2) is 28.3 Å². The summed E-state index contributed by atoms with van der Waals surface area (Å²) in [6.07, 6.45) is 1.95. The molecule has 0 aromatic carbocycles. The largest absolute Gasteiger partial charge is 0.381 e. The van der Waals surface area contributed by atoms with Crippen molar-refractivity contribution in [3.63, 3.8) is 0 Å². The van der Waals surface area contributed by atoms with Gasteiger partial charge in [0.25, 0.3) is 5.56 Å². The van der Waals surface area contributed by atoms with Crippen molar-refractivity contribution in [2.75, 3.05) is 18.5 Å². The van der Waals surface area contributed by atoms with Crippen molar-refractivity contribution in [2.24, 2.45) is 5.41 Å². The molecule has 0 N–H and O–H groups in total. The SMILES string of the molecule is Cc1ccc(=O)n(CC2(CBr)CCOCC2)n1. The second-order valence-electron chi connectivity index (χ2n) is 4.72. The van der Waals surface area contributed by atoms with Crippen molar-refractivity contribution in [3.05, 3.63) is 28.2 Å². The Kier molecular flexibility index (Phi) is 3.99. The van der Waals surface area contributed by atoms with E-state index in [9.17, 15) is 4.79 Å². The Labute approximate surface area is 109 Å². The Hall–Kier alpha value is -0.680. The Morgan fingerprint density at radius 2 is 2.18 bits per heavy atom. The zero-order valence-corrected chi connectivity index (χ0v) is 11.6. The van der Waals surface area contributed by atoms with Crippen LogP contribution in [0.2, 0.25) is 0 Å². The van der Waals surface area contributed by atoms with Crippen molar-refractivity contribution in [3.8, 4) is 0 Å². The average Bonchev–Trinajstić information content (AvgIpc) is 2.35. The summed E-state index contributed by atoms with van der Waals surface area (Å²) in [6.45, 7) is 4.11. The maximum Gasteiger partial charge on any atom is 0.266 e. The molecule has 0 aliphatic carbocycles. The minimum atomic E-state index is -0.0255. The molecular formula is C12H17BrN2O2. The van der Waals surface area contributed by atoms with Crippen LogP contribution in [-0.2, 0) is 11.3 Å². The molecule has 2 rings (SSSR count). The van der Waals surface area contributed by atoms with Crippen LogP contribution in [0.15, 0.2) is 16.9 Å². The molecule has 5 heteroatoms. The monoisotopic (exact) mass is 300 g/mol. The van der Waals surface area contributed by atoms with E-state index in [-0.39, 0.29) is 11.0 Å². The van der Waals surface area contributed by atoms with Crippen molar-refractivity contribution in [2.45, 2.75) is 26.3 Å². The molecule has 2 heterocycles. The van der Waals surface area contributed by atoms with Gasteiger partial charge in [0.2, 0.25) is 0 Å². The molecule has 0 radical (unpaired) electrons. The van der Waals surface area contributed by atoms with E-state index in [2.05, 4.69) is 21.0 Å². The van der Waals surface area contributed by atoms with Crippen LogP contribution >= 0.6 is 15.9 Å². The van der Waals surface area contributed by atoms with E-state index in [0.717, 1.165) is 37.1 Å². The summed E-state index contributed by atoms with van der Waals surface area (Å²) in [7, 11) is 0. The Bertz CT molecular complexity index is 438. The number of hydrogen-bond donors (Lipinski definition) is 0. The summed E-state index contributed by atoms with van der Waals surface area (Å²) in [5.41, 5.74) is 0.951. The van der Waals surface area contributed by atoms with E-state index in [1.807, 2.05) is 6.92 Å². The molecule has 0 atom stereocenters. The molecule has 1 fully saturated rings. The van der Waals surface area contributed by atoms with Gasteiger partial charge in [-0.25, -0.2) is 4.68 Å². The van der Waals surface area contributed by atoms with E-state index in [4.69, 9.17) is 4.74 Å². The Balaban J connectivity index is 2.23. The molecule has 0 saturated carbocycles. The number of aryl methyl sites for hydroxylation is 1. The van der Waals surface area contributed by atoms with Gasteiger partial charge in [-0.3, -0.25) is 4.79 Å². The van der Waals surface area contributed by atoms with Crippen LogP contribution in [0.1, 0.15) is 18.5 Å². The maximum atomic E-state index is 11.8. The highest BCUT2D eigenvalue weighted by atomic mass is 79.9. The number of halogens is 1. The van der Waals surface area contributed by atoms with Crippen LogP contribution in [0, 0.1) is 12.3 Å². The van der Waals surface area contributed by atoms with Gasteiger partial charge >= 0.3 is 0 Å². The lowest BCUT2D eigenvalue weighted by atomic mass is 9.82. The van der Waals surface area contributed by atoms with Gasteiger partial charge in [-0.15, -0.1) is 0 Å². The van der Waals surface area contributed by atoms with E-state index >= 15 is 0 Å². The summed E-state index contributed by atoms with van der Waals surface area (Å²) in [4.78, 5) is 11.8. The van der Waals surface area contributed by atoms with E-state index < -0.39 is 0 Å². The smallest absolute Gasteiger partial charge is 0.266 e. The summed E-state index contributed by atoms with van der Waals surface area (Å²) in [5, 5.41) is 5.18. The number of ether oxygens (including phenoxy) is 1. The molecule has 0 unspecified atom stereocenters. The van der Waals surface area contributed by atoms with E-state index in [1.165, 1.54) is 0 Å². The van der Waals surface area contributed by atoms with Crippen LogP contribution in [0.25, 0.3) is 0 Å². The standard InChI is InChI=1S/C12H17BrN2O2/c1-10-2-3-11(16)15(14-10)9-12(8-13)4-6-17-7-5-12/h2-3H,4-9H2,1H3. The zero-order chi connectivity index (χ0) is 12.3. The predicted octanol–water partition coefficient (Wildman–Crippen LogP) is 1.74. The minimum Gasteiger partial charge on any atom is -0.381 e. The van der Waals surface area contributed by atoms with Gasteiger partial charge < -0.3 is 4.74 Å². The molecule has 0 amide bonds. The van der Waals surface area contributed by atoms with Crippen LogP contribution in [0.3, 0.4) is 0 Å². The first-order chi connectivity index (χ1) is 8.15. The molecule has 0 bridgehead atoms. The van der Waals surface area contributed by atoms with Gasteiger partial charge in [-0.1, -0.05) is 15.9 Å². The number of nitrogens with zero attached hydrogens (tertiary/aromatic N) is 2. The van der Waals surface area contributed by atoms with Gasteiger partial charge in [0, 0.05) is 30.0 Å². The van der Waals surface area contributed by atoms with Gasteiger partial charge in [-0.2, -0.15) is 5.10 Å². The molecule has 1 aromatic heterocycles. The van der Waals surface area contributed by atoms with E-state index in [1.54, 1.807) is 16.8 Å². The van der Waals surface area contributed by atoms with Gasteiger partial charge in [0.1, 0.15) is 0 Å². The fourth-order valence-electron chi connectivity index (χ4n) is 2.12. The first-order valence-corrected chi connectivity index (χ1v) is 6.96. The normalized spacial score (nSPS) is 19.2. The molecule has 1 saturated heterocycles. The number of rotatable bonds is 3. The second kappa shape index (κ2) is 5.31. The topological polar surface area (TPSA) is 44.1 Å². The van der Waals surface area contributed by atoms with Gasteiger partial charge in [0.15, 0.2) is 0 Å². The lowest BCUT2D eigenvalue weighted by Gasteiger charge is -2.35. The van der Waals surface area contributed by atoms with Crippen molar-refractivity contribution in [1.82, 2.24) is 9.78 Å². The Morgan fingerprint density at radius 1 is 1.47 bits per heavy atom. The molecule has 94 valence electrons. The molecular weight excluding hydrogens is 284 g/mol. The summed E-state index contributed by atoms with van der Waals surface area (Å²) in [5.74, 6) is 0. The molecule has 0 spiro atoms. The highest BCUT2D eigenvalue weighted by Gasteiger charge is 2.32. The number of hydrogen-bond acceptors (Lipinski definition) is 3. The third kappa shape index (κ3) is 2.96. The zero-order valence-electron chi connectivity index (χ0n) is 9.99. The number of alkyl halides is 1. The first kappa shape index (κ1) is 12.8. The predicted molar refractivity (Wildman–Crippen MR) is 69.5 cm³/mol. The number of aromatic nitrogens is 2. The minimum absolute atomic E-state index is 0.0255. The summed E-state index contributed by atoms with van der Waals surface area (Å²) < 4.78 is 6.97. The molecule has 1 aromatic rings. The Morgan fingerprint density at radius 3 is 2.82 bits per heavy atom. The molecule has 17 heavy (non-hydrogen) atoms. The summed E-state index contributed by atoms with van der Waals surface area (Å²) in [6, 6.07) is 3.34. The summed E-state index contributed by atoms with van der Waals surface area (Å²) >= 11 is 3.57. The molecule has 1 aliphatic rings. The molecule has 1 aliphatic heterocycles. The van der Waals surface area contributed by atoms with Crippen LogP contribution in [0.4, 0.5) is 0 Å². The molecule has 4 nitrogen and oxygen atoms in total. The quantitative estimate of drug-likeness (QED) is 0.799. The van der Waals surface area contributed by atoms with E-state index in [0.29, 0.717) is 6.54 Å². The fourth-order valence-corrected chi connectivity index (χ4v) is 2.86.